The largest absolute Gasteiger partial charge is 0.375 e. The zero-order valence-corrected chi connectivity index (χ0v) is 8.79. The third-order valence-electron chi connectivity index (χ3n) is 2.22. The summed E-state index contributed by atoms with van der Waals surface area (Å²) in [5, 5.41) is 2.84. The van der Waals surface area contributed by atoms with Crippen molar-refractivity contribution in [3.05, 3.63) is 62.7 Å². The molecule has 0 saturated heterocycles. The first-order chi connectivity index (χ1) is 8.15. The average Bonchev–Trinajstić information content (AvgIpc) is 2.30. The summed E-state index contributed by atoms with van der Waals surface area (Å²) < 4.78 is 12.6. The third kappa shape index (κ3) is 2.81. The topological polar surface area (TPSA) is 77.8 Å². The molecule has 6 heteroatoms. The number of H-pyrrole nitrogens is 2. The van der Waals surface area contributed by atoms with Crippen LogP contribution >= 0.6 is 0 Å². The Morgan fingerprint density at radius 3 is 2.53 bits per heavy atom. The van der Waals surface area contributed by atoms with Crippen LogP contribution in [0.5, 0.6) is 0 Å². The van der Waals surface area contributed by atoms with Crippen molar-refractivity contribution in [2.24, 2.45) is 0 Å². The predicted octanol–water partition coefficient (Wildman–Crippen LogP) is 0.814. The maximum absolute atomic E-state index is 12.6. The van der Waals surface area contributed by atoms with Crippen molar-refractivity contribution in [2.75, 3.05) is 5.32 Å². The van der Waals surface area contributed by atoms with Gasteiger partial charge in [-0.15, -0.1) is 0 Å². The number of hydrogen-bond donors (Lipinski definition) is 3. The molecule has 1 aromatic carbocycles. The molecule has 2 rings (SSSR count). The molecule has 1 heterocycles. The van der Waals surface area contributed by atoms with Crippen LogP contribution in [-0.2, 0) is 6.54 Å². The summed E-state index contributed by atoms with van der Waals surface area (Å²) in [6, 6.07) is 5.91. The van der Waals surface area contributed by atoms with E-state index in [1.807, 2.05) is 0 Å². The Labute approximate surface area is 95.3 Å². The predicted molar refractivity (Wildman–Crippen MR) is 61.4 cm³/mol. The molecule has 0 bridgehead atoms. The van der Waals surface area contributed by atoms with Crippen LogP contribution < -0.4 is 16.6 Å². The van der Waals surface area contributed by atoms with E-state index >= 15 is 0 Å². The van der Waals surface area contributed by atoms with Gasteiger partial charge in [0, 0.05) is 12.7 Å². The minimum Gasteiger partial charge on any atom is -0.375 e. The van der Waals surface area contributed by atoms with Gasteiger partial charge in [0.15, 0.2) is 0 Å². The van der Waals surface area contributed by atoms with Crippen molar-refractivity contribution in [1.29, 1.82) is 0 Å². The highest BCUT2D eigenvalue weighted by atomic mass is 19.1. The Balaban J connectivity index is 2.10. The van der Waals surface area contributed by atoms with Crippen LogP contribution in [0.2, 0.25) is 0 Å². The maximum atomic E-state index is 12.6. The van der Waals surface area contributed by atoms with Crippen molar-refractivity contribution in [1.82, 2.24) is 9.97 Å². The Hall–Kier alpha value is -2.37. The molecular formula is C11H10FN3O2. The molecule has 17 heavy (non-hydrogen) atoms. The zero-order valence-electron chi connectivity index (χ0n) is 8.79. The number of nitrogens with one attached hydrogen (secondary N) is 3. The molecule has 0 aliphatic carbocycles. The molecule has 0 unspecified atom stereocenters. The third-order valence-corrected chi connectivity index (χ3v) is 2.22. The molecule has 3 N–H and O–H groups in total. The van der Waals surface area contributed by atoms with Gasteiger partial charge in [0.2, 0.25) is 0 Å². The van der Waals surface area contributed by atoms with E-state index in [4.69, 9.17) is 0 Å². The van der Waals surface area contributed by atoms with Crippen molar-refractivity contribution in [3.63, 3.8) is 0 Å². The SMILES string of the molecule is O=c1[nH]cc(NCc2ccc(F)cc2)c(=O)[nH]1. The van der Waals surface area contributed by atoms with E-state index in [0.29, 0.717) is 6.54 Å². The quantitative estimate of drug-likeness (QED) is 0.736. The smallest absolute Gasteiger partial charge is 0.325 e. The van der Waals surface area contributed by atoms with Gasteiger partial charge in [-0.05, 0) is 17.7 Å². The van der Waals surface area contributed by atoms with Crippen molar-refractivity contribution < 1.29 is 4.39 Å². The summed E-state index contributed by atoms with van der Waals surface area (Å²) in [7, 11) is 0. The van der Waals surface area contributed by atoms with E-state index in [1.54, 1.807) is 12.1 Å². The number of aromatic nitrogens is 2. The van der Waals surface area contributed by atoms with Gasteiger partial charge in [-0.25, -0.2) is 9.18 Å². The van der Waals surface area contributed by atoms with Gasteiger partial charge in [-0.3, -0.25) is 9.78 Å². The van der Waals surface area contributed by atoms with E-state index in [1.165, 1.54) is 18.3 Å². The van der Waals surface area contributed by atoms with Crippen LogP contribution in [0, 0.1) is 5.82 Å². The summed E-state index contributed by atoms with van der Waals surface area (Å²) in [5.74, 6) is -0.310. The normalized spacial score (nSPS) is 10.2. The lowest BCUT2D eigenvalue weighted by molar-refractivity contribution is 0.627. The lowest BCUT2D eigenvalue weighted by Crippen LogP contribution is -2.24. The second-order valence-electron chi connectivity index (χ2n) is 3.47. The van der Waals surface area contributed by atoms with Gasteiger partial charge in [-0.2, -0.15) is 0 Å². The van der Waals surface area contributed by atoms with Crippen molar-refractivity contribution >= 4 is 5.69 Å². The highest BCUT2D eigenvalue weighted by Gasteiger charge is 1.99. The van der Waals surface area contributed by atoms with Gasteiger partial charge in [0.1, 0.15) is 11.5 Å². The lowest BCUT2D eigenvalue weighted by atomic mass is 10.2. The van der Waals surface area contributed by atoms with E-state index in [2.05, 4.69) is 15.3 Å². The second-order valence-corrected chi connectivity index (χ2v) is 3.47. The molecular weight excluding hydrogens is 225 g/mol. The molecule has 88 valence electrons. The summed E-state index contributed by atoms with van der Waals surface area (Å²) in [4.78, 5) is 26.5. The zero-order chi connectivity index (χ0) is 12.3. The molecule has 5 nitrogen and oxygen atoms in total. The fourth-order valence-corrected chi connectivity index (χ4v) is 1.34. The van der Waals surface area contributed by atoms with Gasteiger partial charge in [0.05, 0.1) is 0 Å². The highest BCUT2D eigenvalue weighted by Crippen LogP contribution is 2.04. The van der Waals surface area contributed by atoms with E-state index in [-0.39, 0.29) is 11.5 Å². The number of rotatable bonds is 3. The lowest BCUT2D eigenvalue weighted by Gasteiger charge is -2.04. The van der Waals surface area contributed by atoms with Gasteiger partial charge in [-0.1, -0.05) is 12.1 Å². The molecule has 2 aromatic rings. The Morgan fingerprint density at radius 2 is 1.88 bits per heavy atom. The van der Waals surface area contributed by atoms with E-state index in [9.17, 15) is 14.0 Å². The number of hydrogen-bond acceptors (Lipinski definition) is 3. The molecule has 0 amide bonds. The maximum Gasteiger partial charge on any atom is 0.325 e. The molecule has 0 aliphatic heterocycles. The molecule has 0 saturated carbocycles. The molecule has 0 spiro atoms. The summed E-state index contributed by atoms with van der Waals surface area (Å²) in [5.41, 5.74) is 0.0455. The molecule has 0 radical (unpaired) electrons. The Bertz CT molecular complexity index is 616. The molecule has 1 aromatic heterocycles. The fraction of sp³-hybridized carbons (Fsp3) is 0.0909. The first-order valence-corrected chi connectivity index (χ1v) is 4.95. The number of benzene rings is 1. The van der Waals surface area contributed by atoms with Crippen molar-refractivity contribution in [2.45, 2.75) is 6.54 Å². The minimum atomic E-state index is -0.553. The number of halogens is 1. The first-order valence-electron chi connectivity index (χ1n) is 4.95. The van der Waals surface area contributed by atoms with Gasteiger partial charge >= 0.3 is 5.69 Å². The number of aromatic amines is 2. The van der Waals surface area contributed by atoms with Crippen LogP contribution in [0.3, 0.4) is 0 Å². The highest BCUT2D eigenvalue weighted by molar-refractivity contribution is 5.38. The van der Waals surface area contributed by atoms with Crippen molar-refractivity contribution in [3.8, 4) is 0 Å². The summed E-state index contributed by atoms with van der Waals surface area (Å²) in [6.45, 7) is 0.370. The molecule has 0 aliphatic rings. The van der Waals surface area contributed by atoms with Crippen LogP contribution in [0.15, 0.2) is 40.1 Å². The average molecular weight is 235 g/mol. The van der Waals surface area contributed by atoms with Gasteiger partial charge < -0.3 is 10.3 Å². The van der Waals surface area contributed by atoms with Crippen LogP contribution in [-0.4, -0.2) is 9.97 Å². The standard InChI is InChI=1S/C11H10FN3O2/c12-8-3-1-7(2-4-8)5-13-9-6-14-11(17)15-10(9)16/h1-4,6,13H,5H2,(H2,14,15,16,17). The minimum absolute atomic E-state index is 0.258. The molecule has 0 atom stereocenters. The van der Waals surface area contributed by atoms with Gasteiger partial charge in [0.25, 0.3) is 5.56 Å². The Morgan fingerprint density at radius 1 is 1.18 bits per heavy atom. The second kappa shape index (κ2) is 4.65. The van der Waals surface area contributed by atoms with E-state index < -0.39 is 11.2 Å². The molecule has 0 fully saturated rings. The van der Waals surface area contributed by atoms with Crippen LogP contribution in [0.25, 0.3) is 0 Å². The fourth-order valence-electron chi connectivity index (χ4n) is 1.34. The Kier molecular flexibility index (Phi) is 3.04. The summed E-state index contributed by atoms with van der Waals surface area (Å²) in [6.07, 6.45) is 1.30. The van der Waals surface area contributed by atoms with Crippen LogP contribution in [0.1, 0.15) is 5.56 Å². The van der Waals surface area contributed by atoms with E-state index in [0.717, 1.165) is 5.56 Å². The first kappa shape index (κ1) is 11.1. The summed E-state index contributed by atoms with van der Waals surface area (Å²) >= 11 is 0. The monoisotopic (exact) mass is 235 g/mol. The number of anilines is 1. The van der Waals surface area contributed by atoms with Crippen LogP contribution in [0.4, 0.5) is 10.1 Å².